The van der Waals surface area contributed by atoms with Crippen molar-refractivity contribution in [1.29, 1.82) is 0 Å². The first-order chi connectivity index (χ1) is 15.7. The van der Waals surface area contributed by atoms with Crippen molar-refractivity contribution in [2.75, 3.05) is 4.90 Å². The minimum atomic E-state index is -0.789. The van der Waals surface area contributed by atoms with Gasteiger partial charge in [-0.25, -0.2) is 9.69 Å². The van der Waals surface area contributed by atoms with E-state index in [9.17, 15) is 14.4 Å². The molecule has 168 valence electrons. The minimum absolute atomic E-state index is 0.106. The summed E-state index contributed by atoms with van der Waals surface area (Å²) in [6.07, 6.45) is 2.43. The second kappa shape index (κ2) is 8.71. The topological polar surface area (TPSA) is 71.4 Å². The Hall–Kier alpha value is -3.64. The Morgan fingerprint density at radius 2 is 1.70 bits per heavy atom. The van der Waals surface area contributed by atoms with E-state index in [4.69, 9.17) is 11.6 Å². The summed E-state index contributed by atoms with van der Waals surface area (Å²) in [6.45, 7) is 8.13. The number of amides is 4. The van der Waals surface area contributed by atoms with Crippen LogP contribution >= 0.6 is 11.6 Å². The molecule has 1 fully saturated rings. The van der Waals surface area contributed by atoms with Crippen LogP contribution in [0.5, 0.6) is 0 Å². The van der Waals surface area contributed by atoms with Crippen LogP contribution < -0.4 is 10.2 Å². The largest absolute Gasteiger partial charge is 0.335 e. The molecule has 2 heterocycles. The number of halogens is 1. The molecule has 0 saturated carbocycles. The highest BCUT2D eigenvalue weighted by molar-refractivity contribution is 6.39. The van der Waals surface area contributed by atoms with Crippen LogP contribution in [-0.4, -0.2) is 22.4 Å². The van der Waals surface area contributed by atoms with Crippen LogP contribution in [0.25, 0.3) is 11.8 Å². The number of aryl methyl sites for hydroxylation is 3. The standard InChI is InChI=1S/C26H24ClN3O3/c1-5-18-8-6-7-15(2)23(18)29-16(3)13-19(17(29)4)14-22-24(31)28-26(33)30(25(22)32)21-11-9-20(27)10-12-21/h6-14H,5H2,1-4H3,(H,28,31,33)/b22-14+. The van der Waals surface area contributed by atoms with Gasteiger partial charge in [0, 0.05) is 16.4 Å². The molecule has 7 heteroatoms. The van der Waals surface area contributed by atoms with Gasteiger partial charge in [0.05, 0.1) is 11.4 Å². The number of barbiturate groups is 1. The van der Waals surface area contributed by atoms with Crippen molar-refractivity contribution in [3.63, 3.8) is 0 Å². The Kier molecular flexibility index (Phi) is 5.95. The van der Waals surface area contributed by atoms with Gasteiger partial charge in [-0.15, -0.1) is 0 Å². The number of imide groups is 2. The average molecular weight is 462 g/mol. The van der Waals surface area contributed by atoms with Crippen LogP contribution in [0.4, 0.5) is 10.5 Å². The molecule has 1 aliphatic rings. The summed E-state index contributed by atoms with van der Waals surface area (Å²) in [6, 6.07) is 13.7. The van der Waals surface area contributed by atoms with Gasteiger partial charge >= 0.3 is 6.03 Å². The molecule has 0 atom stereocenters. The van der Waals surface area contributed by atoms with Gasteiger partial charge in [0.15, 0.2) is 0 Å². The Balaban J connectivity index is 1.80. The fraction of sp³-hybridized carbons (Fsp3) is 0.192. The van der Waals surface area contributed by atoms with E-state index >= 15 is 0 Å². The lowest BCUT2D eigenvalue weighted by Crippen LogP contribution is -2.54. The molecule has 2 aromatic carbocycles. The van der Waals surface area contributed by atoms with Crippen molar-refractivity contribution >= 4 is 41.2 Å². The SMILES string of the molecule is CCc1cccc(C)c1-n1c(C)cc(/C=C2\C(=O)NC(=O)N(c3ccc(Cl)cc3)C2=O)c1C. The van der Waals surface area contributed by atoms with Gasteiger partial charge in [-0.1, -0.05) is 36.7 Å². The van der Waals surface area contributed by atoms with Crippen LogP contribution in [0, 0.1) is 20.8 Å². The lowest BCUT2D eigenvalue weighted by molar-refractivity contribution is -0.122. The second-order valence-electron chi connectivity index (χ2n) is 8.03. The first-order valence-electron chi connectivity index (χ1n) is 10.7. The zero-order chi connectivity index (χ0) is 23.9. The van der Waals surface area contributed by atoms with Gasteiger partial charge in [0.25, 0.3) is 11.8 Å². The summed E-state index contributed by atoms with van der Waals surface area (Å²) in [5.74, 6) is -1.40. The molecule has 0 spiro atoms. The zero-order valence-corrected chi connectivity index (χ0v) is 19.7. The number of rotatable bonds is 4. The molecular weight excluding hydrogens is 438 g/mol. The van der Waals surface area contributed by atoms with E-state index in [1.807, 2.05) is 26.0 Å². The summed E-state index contributed by atoms with van der Waals surface area (Å²) >= 11 is 5.93. The summed E-state index contributed by atoms with van der Waals surface area (Å²) in [5, 5.41) is 2.74. The smallest absolute Gasteiger partial charge is 0.317 e. The molecule has 0 bridgehead atoms. The summed E-state index contributed by atoms with van der Waals surface area (Å²) in [4.78, 5) is 39.2. The maximum atomic E-state index is 13.2. The van der Waals surface area contributed by atoms with Gasteiger partial charge in [0.2, 0.25) is 0 Å². The van der Waals surface area contributed by atoms with Gasteiger partial charge in [-0.2, -0.15) is 0 Å². The van der Waals surface area contributed by atoms with Crippen molar-refractivity contribution in [2.45, 2.75) is 34.1 Å². The third-order valence-electron chi connectivity index (χ3n) is 5.88. The van der Waals surface area contributed by atoms with Crippen molar-refractivity contribution in [3.8, 4) is 5.69 Å². The molecule has 0 aliphatic carbocycles. The molecule has 6 nitrogen and oxygen atoms in total. The number of anilines is 1. The average Bonchev–Trinajstić information content (AvgIpc) is 3.05. The molecule has 4 amide bonds. The Labute approximate surface area is 197 Å². The second-order valence-corrected chi connectivity index (χ2v) is 8.47. The fourth-order valence-corrected chi connectivity index (χ4v) is 4.37. The number of urea groups is 1. The van der Waals surface area contributed by atoms with Crippen LogP contribution in [0.15, 0.2) is 54.1 Å². The van der Waals surface area contributed by atoms with E-state index in [1.54, 1.807) is 30.3 Å². The molecular formula is C26H24ClN3O3. The maximum absolute atomic E-state index is 13.2. The van der Waals surface area contributed by atoms with Gasteiger partial charge < -0.3 is 4.57 Å². The molecule has 1 saturated heterocycles. The van der Waals surface area contributed by atoms with Gasteiger partial charge in [0.1, 0.15) is 5.57 Å². The quantitative estimate of drug-likeness (QED) is 0.424. The monoisotopic (exact) mass is 461 g/mol. The maximum Gasteiger partial charge on any atom is 0.335 e. The highest BCUT2D eigenvalue weighted by Crippen LogP contribution is 2.29. The predicted molar refractivity (Wildman–Crippen MR) is 130 cm³/mol. The summed E-state index contributed by atoms with van der Waals surface area (Å²) < 4.78 is 2.15. The first-order valence-corrected chi connectivity index (χ1v) is 11.1. The van der Waals surface area contributed by atoms with Crippen LogP contribution in [-0.2, 0) is 16.0 Å². The highest BCUT2D eigenvalue weighted by atomic mass is 35.5. The molecule has 1 N–H and O–H groups in total. The van der Waals surface area contributed by atoms with Crippen molar-refractivity contribution in [3.05, 3.63) is 87.2 Å². The van der Waals surface area contributed by atoms with Gasteiger partial charge in [-0.3, -0.25) is 14.9 Å². The third kappa shape index (κ3) is 3.98. The number of aromatic nitrogens is 1. The van der Waals surface area contributed by atoms with Crippen LogP contribution in [0.1, 0.15) is 35.0 Å². The lowest BCUT2D eigenvalue weighted by atomic mass is 10.0. The summed E-state index contributed by atoms with van der Waals surface area (Å²) in [7, 11) is 0. The molecule has 1 aliphatic heterocycles. The first kappa shape index (κ1) is 22.6. The van der Waals surface area contributed by atoms with Crippen molar-refractivity contribution < 1.29 is 14.4 Å². The number of carbonyl (C=O) groups excluding carboxylic acids is 3. The number of hydrogen-bond donors (Lipinski definition) is 1. The van der Waals surface area contributed by atoms with Gasteiger partial charge in [-0.05, 0) is 80.3 Å². The molecule has 0 radical (unpaired) electrons. The molecule has 1 aromatic heterocycles. The molecule has 33 heavy (non-hydrogen) atoms. The minimum Gasteiger partial charge on any atom is -0.317 e. The number of para-hydroxylation sites is 1. The molecule has 4 rings (SSSR count). The van der Waals surface area contributed by atoms with Crippen LogP contribution in [0.3, 0.4) is 0 Å². The number of hydrogen-bond acceptors (Lipinski definition) is 3. The van der Waals surface area contributed by atoms with E-state index in [2.05, 4.69) is 35.9 Å². The molecule has 3 aromatic rings. The third-order valence-corrected chi connectivity index (χ3v) is 6.13. The molecule has 0 unspecified atom stereocenters. The van der Waals surface area contributed by atoms with Crippen molar-refractivity contribution in [1.82, 2.24) is 9.88 Å². The number of nitrogens with zero attached hydrogens (tertiary/aromatic N) is 2. The van der Waals surface area contributed by atoms with E-state index in [-0.39, 0.29) is 5.57 Å². The Morgan fingerprint density at radius 3 is 2.36 bits per heavy atom. The van der Waals surface area contributed by atoms with E-state index in [1.165, 1.54) is 5.56 Å². The normalized spacial score (nSPS) is 15.4. The Bertz CT molecular complexity index is 1320. The number of nitrogens with one attached hydrogen (secondary N) is 1. The van der Waals surface area contributed by atoms with E-state index < -0.39 is 17.8 Å². The predicted octanol–water partition coefficient (Wildman–Crippen LogP) is 5.28. The van der Waals surface area contributed by atoms with Crippen LogP contribution in [0.2, 0.25) is 5.02 Å². The highest BCUT2D eigenvalue weighted by Gasteiger charge is 2.37. The van der Waals surface area contributed by atoms with E-state index in [0.29, 0.717) is 10.7 Å². The fourth-order valence-electron chi connectivity index (χ4n) is 4.24. The number of carbonyl (C=O) groups is 3. The Morgan fingerprint density at radius 1 is 1.00 bits per heavy atom. The van der Waals surface area contributed by atoms with Crippen molar-refractivity contribution in [2.24, 2.45) is 0 Å². The summed E-state index contributed by atoms with van der Waals surface area (Å²) in [5.41, 5.74) is 6.31. The van der Waals surface area contributed by atoms with E-state index in [0.717, 1.165) is 39.5 Å². The number of benzene rings is 2. The lowest BCUT2D eigenvalue weighted by Gasteiger charge is -2.26. The zero-order valence-electron chi connectivity index (χ0n) is 18.9.